The maximum absolute atomic E-state index is 10.5. The summed E-state index contributed by atoms with van der Waals surface area (Å²) in [5.41, 5.74) is 0.648. The summed E-state index contributed by atoms with van der Waals surface area (Å²) in [5, 5.41) is 9.18. The highest BCUT2D eigenvalue weighted by Gasteiger charge is 2.15. The van der Waals surface area contributed by atoms with Crippen LogP contribution in [0, 0.1) is 0 Å². The van der Waals surface area contributed by atoms with Crippen LogP contribution in [-0.4, -0.2) is 11.1 Å². The summed E-state index contributed by atoms with van der Waals surface area (Å²) in [6.45, 7) is 0. The Kier molecular flexibility index (Phi) is 3.12. The number of benzene rings is 1. The van der Waals surface area contributed by atoms with Gasteiger partial charge in [-0.25, -0.2) is 0 Å². The molecular formula is C8H6BrClO2. The van der Waals surface area contributed by atoms with E-state index in [-0.39, 0.29) is 0 Å². The van der Waals surface area contributed by atoms with Gasteiger partial charge in [0, 0.05) is 5.02 Å². The van der Waals surface area contributed by atoms with Crippen molar-refractivity contribution in [3.63, 3.8) is 0 Å². The molecule has 1 atom stereocenters. The molecule has 0 bridgehead atoms. The minimum Gasteiger partial charge on any atom is -0.480 e. The van der Waals surface area contributed by atoms with Gasteiger partial charge >= 0.3 is 5.97 Å². The summed E-state index contributed by atoms with van der Waals surface area (Å²) in [7, 11) is 0. The molecular weight excluding hydrogens is 243 g/mol. The van der Waals surface area contributed by atoms with Gasteiger partial charge in [0.2, 0.25) is 0 Å². The molecule has 0 aromatic heterocycles. The molecule has 0 aliphatic heterocycles. The largest absolute Gasteiger partial charge is 0.480 e. The van der Waals surface area contributed by atoms with Crippen molar-refractivity contribution in [1.82, 2.24) is 0 Å². The summed E-state index contributed by atoms with van der Waals surface area (Å²) < 4.78 is 0. The Morgan fingerprint density at radius 1 is 1.58 bits per heavy atom. The maximum Gasteiger partial charge on any atom is 0.321 e. The smallest absolute Gasteiger partial charge is 0.321 e. The summed E-state index contributed by atoms with van der Waals surface area (Å²) in [4.78, 5) is 9.84. The second-order valence-corrected chi connectivity index (χ2v) is 3.61. The van der Waals surface area contributed by atoms with Gasteiger partial charge in [0.05, 0.1) is 0 Å². The Balaban J connectivity index is 2.95. The SMILES string of the molecule is O=C(O)C(Br)c1cccc(Cl)c1. The first-order chi connectivity index (χ1) is 5.61. The molecule has 1 rings (SSSR count). The van der Waals surface area contributed by atoms with Crippen LogP contribution < -0.4 is 0 Å². The molecule has 0 heterocycles. The minimum atomic E-state index is -0.919. The average molecular weight is 249 g/mol. The number of rotatable bonds is 2. The zero-order valence-electron chi connectivity index (χ0n) is 6.00. The number of hydrogen-bond acceptors (Lipinski definition) is 1. The van der Waals surface area contributed by atoms with Crippen molar-refractivity contribution < 1.29 is 9.90 Å². The fourth-order valence-electron chi connectivity index (χ4n) is 0.807. The molecule has 0 fully saturated rings. The second kappa shape index (κ2) is 3.92. The van der Waals surface area contributed by atoms with E-state index in [0.717, 1.165) is 0 Å². The van der Waals surface area contributed by atoms with Crippen molar-refractivity contribution in [2.75, 3.05) is 0 Å². The number of aliphatic carboxylic acids is 1. The topological polar surface area (TPSA) is 37.3 Å². The van der Waals surface area contributed by atoms with Crippen LogP contribution in [0.1, 0.15) is 10.4 Å². The molecule has 12 heavy (non-hydrogen) atoms. The molecule has 0 aliphatic rings. The van der Waals surface area contributed by atoms with Gasteiger partial charge in [-0.2, -0.15) is 0 Å². The predicted molar refractivity (Wildman–Crippen MR) is 50.8 cm³/mol. The van der Waals surface area contributed by atoms with Gasteiger partial charge in [-0.3, -0.25) is 4.79 Å². The van der Waals surface area contributed by atoms with E-state index in [1.54, 1.807) is 24.3 Å². The van der Waals surface area contributed by atoms with E-state index in [1.165, 1.54) is 0 Å². The molecule has 0 saturated carbocycles. The van der Waals surface area contributed by atoms with Gasteiger partial charge in [-0.1, -0.05) is 39.7 Å². The van der Waals surface area contributed by atoms with Crippen molar-refractivity contribution >= 4 is 33.5 Å². The molecule has 1 aromatic rings. The first-order valence-electron chi connectivity index (χ1n) is 3.23. The Bertz CT molecular complexity index is 301. The number of carbonyl (C=O) groups is 1. The number of carboxylic acid groups (broad SMARTS) is 1. The van der Waals surface area contributed by atoms with Crippen molar-refractivity contribution in [3.05, 3.63) is 34.9 Å². The van der Waals surface area contributed by atoms with E-state index < -0.39 is 10.8 Å². The summed E-state index contributed by atoms with van der Waals surface area (Å²) in [5.74, 6) is -0.919. The molecule has 1 N–H and O–H groups in total. The normalized spacial score (nSPS) is 12.5. The summed E-state index contributed by atoms with van der Waals surface area (Å²) >= 11 is 8.71. The van der Waals surface area contributed by atoms with Crippen LogP contribution >= 0.6 is 27.5 Å². The highest BCUT2D eigenvalue weighted by molar-refractivity contribution is 9.09. The van der Waals surface area contributed by atoms with Crippen LogP contribution in [0.5, 0.6) is 0 Å². The van der Waals surface area contributed by atoms with Gasteiger partial charge in [-0.15, -0.1) is 0 Å². The lowest BCUT2D eigenvalue weighted by Crippen LogP contribution is -2.03. The average Bonchev–Trinajstić information content (AvgIpc) is 2.03. The lowest BCUT2D eigenvalue weighted by Gasteiger charge is -2.03. The highest BCUT2D eigenvalue weighted by Crippen LogP contribution is 2.24. The summed E-state index contributed by atoms with van der Waals surface area (Å²) in [6.07, 6.45) is 0. The molecule has 0 spiro atoms. The van der Waals surface area contributed by atoms with Crippen LogP contribution in [0.25, 0.3) is 0 Å². The first-order valence-corrected chi connectivity index (χ1v) is 4.53. The van der Waals surface area contributed by atoms with Crippen molar-refractivity contribution in [2.24, 2.45) is 0 Å². The molecule has 1 aromatic carbocycles. The fraction of sp³-hybridized carbons (Fsp3) is 0.125. The number of hydrogen-bond donors (Lipinski definition) is 1. The van der Waals surface area contributed by atoms with Gasteiger partial charge in [0.25, 0.3) is 0 Å². The van der Waals surface area contributed by atoms with Gasteiger partial charge < -0.3 is 5.11 Å². The maximum atomic E-state index is 10.5. The van der Waals surface area contributed by atoms with Gasteiger partial charge in [0.15, 0.2) is 0 Å². The van der Waals surface area contributed by atoms with Crippen LogP contribution in [0.4, 0.5) is 0 Å². The number of halogens is 2. The van der Waals surface area contributed by atoms with Crippen LogP contribution in [0.2, 0.25) is 5.02 Å². The Labute approximate surface area is 83.3 Å². The Morgan fingerprint density at radius 3 is 2.75 bits per heavy atom. The Hall–Kier alpha value is -0.540. The lowest BCUT2D eigenvalue weighted by atomic mass is 10.1. The summed E-state index contributed by atoms with van der Waals surface area (Å²) in [6, 6.07) is 6.75. The molecule has 0 amide bonds. The quantitative estimate of drug-likeness (QED) is 0.818. The number of carboxylic acids is 1. The van der Waals surface area contributed by atoms with Crippen LogP contribution in [0.3, 0.4) is 0 Å². The van der Waals surface area contributed by atoms with Crippen LogP contribution in [-0.2, 0) is 4.79 Å². The third-order valence-electron chi connectivity index (χ3n) is 1.36. The molecule has 0 aliphatic carbocycles. The van der Waals surface area contributed by atoms with E-state index in [0.29, 0.717) is 10.6 Å². The van der Waals surface area contributed by atoms with Crippen molar-refractivity contribution in [2.45, 2.75) is 4.83 Å². The zero-order chi connectivity index (χ0) is 9.14. The second-order valence-electron chi connectivity index (χ2n) is 2.26. The van der Waals surface area contributed by atoms with E-state index in [9.17, 15) is 4.79 Å². The highest BCUT2D eigenvalue weighted by atomic mass is 79.9. The van der Waals surface area contributed by atoms with E-state index in [1.807, 2.05) is 0 Å². The lowest BCUT2D eigenvalue weighted by molar-refractivity contribution is -0.136. The van der Waals surface area contributed by atoms with E-state index >= 15 is 0 Å². The number of alkyl halides is 1. The van der Waals surface area contributed by atoms with E-state index in [2.05, 4.69) is 15.9 Å². The van der Waals surface area contributed by atoms with E-state index in [4.69, 9.17) is 16.7 Å². The molecule has 1 unspecified atom stereocenters. The fourth-order valence-corrected chi connectivity index (χ4v) is 1.29. The third kappa shape index (κ3) is 2.22. The minimum absolute atomic E-state index is 0.540. The first kappa shape index (κ1) is 9.55. The molecule has 0 saturated heterocycles. The molecule has 2 nitrogen and oxygen atoms in total. The monoisotopic (exact) mass is 248 g/mol. The standard InChI is InChI=1S/C8H6BrClO2/c9-7(8(11)12)5-2-1-3-6(10)4-5/h1-4,7H,(H,11,12). The molecule has 4 heteroatoms. The zero-order valence-corrected chi connectivity index (χ0v) is 8.34. The van der Waals surface area contributed by atoms with Gasteiger partial charge in [-0.05, 0) is 17.7 Å². The van der Waals surface area contributed by atoms with Crippen molar-refractivity contribution in [1.29, 1.82) is 0 Å². The van der Waals surface area contributed by atoms with Gasteiger partial charge in [0.1, 0.15) is 4.83 Å². The Morgan fingerprint density at radius 2 is 2.25 bits per heavy atom. The third-order valence-corrected chi connectivity index (χ3v) is 2.51. The molecule has 0 radical (unpaired) electrons. The predicted octanol–water partition coefficient (Wildman–Crippen LogP) is 2.86. The van der Waals surface area contributed by atoms with Crippen molar-refractivity contribution in [3.8, 4) is 0 Å². The molecule has 64 valence electrons. The van der Waals surface area contributed by atoms with Crippen LogP contribution in [0.15, 0.2) is 24.3 Å².